The summed E-state index contributed by atoms with van der Waals surface area (Å²) >= 11 is 1.29. The second-order valence-electron chi connectivity index (χ2n) is 2.91. The maximum atomic E-state index is 11.4. The zero-order valence-electron chi connectivity index (χ0n) is 7.76. The van der Waals surface area contributed by atoms with Crippen molar-refractivity contribution in [3.63, 3.8) is 0 Å². The first-order chi connectivity index (χ1) is 7.27. The maximum absolute atomic E-state index is 11.4. The number of carbonyl (C=O) groups is 2. The molecule has 78 valence electrons. The van der Waals surface area contributed by atoms with Gasteiger partial charge in [-0.3, -0.25) is 0 Å². The summed E-state index contributed by atoms with van der Waals surface area (Å²) in [5.74, 6) is -0.855. The Morgan fingerprint density at radius 1 is 1.60 bits per heavy atom. The Kier molecular flexibility index (Phi) is 2.82. The molecule has 0 bridgehead atoms. The van der Waals surface area contributed by atoms with Crippen molar-refractivity contribution in [2.45, 2.75) is 6.42 Å². The van der Waals surface area contributed by atoms with Crippen molar-refractivity contribution >= 4 is 23.3 Å². The summed E-state index contributed by atoms with van der Waals surface area (Å²) in [7, 11) is 0. The second kappa shape index (κ2) is 4.27. The van der Waals surface area contributed by atoms with Gasteiger partial charge in [0.05, 0.1) is 12.2 Å². The zero-order chi connectivity index (χ0) is 10.7. The molecule has 0 aliphatic carbocycles. The van der Waals surface area contributed by atoms with E-state index in [1.165, 1.54) is 17.6 Å². The Hall–Kier alpha value is -1.62. The summed E-state index contributed by atoms with van der Waals surface area (Å²) in [5.41, 5.74) is 0.403. The SMILES string of the molecule is O=C1OCC/C1=C\OC(=O)c1cccs1. The molecule has 0 N–H and O–H groups in total. The minimum Gasteiger partial charge on any atom is -0.462 e. The summed E-state index contributed by atoms with van der Waals surface area (Å²) in [6.45, 7) is 0.362. The standard InChI is InChI=1S/C10H8O4S/c11-9-7(3-4-13-9)6-14-10(12)8-2-1-5-15-8/h1-2,5-6H,3-4H2/b7-6+. The molecule has 0 spiro atoms. The van der Waals surface area contributed by atoms with Crippen LogP contribution in [0, 0.1) is 0 Å². The molecule has 0 aromatic carbocycles. The summed E-state index contributed by atoms with van der Waals surface area (Å²) < 4.78 is 9.54. The number of esters is 2. The van der Waals surface area contributed by atoms with E-state index in [1.54, 1.807) is 17.5 Å². The van der Waals surface area contributed by atoms with Gasteiger partial charge in [-0.15, -0.1) is 11.3 Å². The molecule has 1 aromatic heterocycles. The fourth-order valence-electron chi connectivity index (χ4n) is 1.13. The first-order valence-corrected chi connectivity index (χ1v) is 5.26. The molecule has 0 amide bonds. The topological polar surface area (TPSA) is 52.6 Å². The van der Waals surface area contributed by atoms with Gasteiger partial charge in [0.1, 0.15) is 11.1 Å². The molecule has 1 saturated heterocycles. The van der Waals surface area contributed by atoms with Crippen molar-refractivity contribution in [2.75, 3.05) is 6.61 Å². The van der Waals surface area contributed by atoms with E-state index in [2.05, 4.69) is 0 Å². The number of hydrogen-bond donors (Lipinski definition) is 0. The van der Waals surface area contributed by atoms with Crippen molar-refractivity contribution in [1.29, 1.82) is 0 Å². The van der Waals surface area contributed by atoms with Gasteiger partial charge in [-0.25, -0.2) is 9.59 Å². The minimum atomic E-state index is -0.447. The largest absolute Gasteiger partial charge is 0.462 e. The van der Waals surface area contributed by atoms with Gasteiger partial charge < -0.3 is 9.47 Å². The summed E-state index contributed by atoms with van der Waals surface area (Å²) in [4.78, 5) is 22.9. The van der Waals surface area contributed by atoms with Crippen LogP contribution < -0.4 is 0 Å². The predicted molar refractivity (Wildman–Crippen MR) is 53.4 cm³/mol. The third kappa shape index (κ3) is 2.24. The zero-order valence-corrected chi connectivity index (χ0v) is 8.58. The quantitative estimate of drug-likeness (QED) is 0.436. The van der Waals surface area contributed by atoms with Crippen LogP contribution in [0.3, 0.4) is 0 Å². The molecule has 2 rings (SSSR count). The minimum absolute atomic E-state index is 0.362. The molecule has 1 aliphatic rings. The van der Waals surface area contributed by atoms with Crippen LogP contribution in [0.1, 0.15) is 16.1 Å². The lowest BCUT2D eigenvalue weighted by molar-refractivity contribution is -0.135. The molecule has 4 nitrogen and oxygen atoms in total. The fraction of sp³-hybridized carbons (Fsp3) is 0.200. The molecule has 1 aliphatic heterocycles. The van der Waals surface area contributed by atoms with E-state index in [-0.39, 0.29) is 0 Å². The van der Waals surface area contributed by atoms with E-state index >= 15 is 0 Å². The number of hydrogen-bond acceptors (Lipinski definition) is 5. The van der Waals surface area contributed by atoms with Gasteiger partial charge in [-0.1, -0.05) is 6.07 Å². The molecule has 0 saturated carbocycles. The van der Waals surface area contributed by atoms with Gasteiger partial charge in [-0.2, -0.15) is 0 Å². The van der Waals surface area contributed by atoms with Crippen LogP contribution in [0.4, 0.5) is 0 Å². The molecule has 5 heteroatoms. The van der Waals surface area contributed by atoms with Crippen LogP contribution in [0.2, 0.25) is 0 Å². The van der Waals surface area contributed by atoms with E-state index in [4.69, 9.17) is 9.47 Å². The highest BCUT2D eigenvalue weighted by molar-refractivity contribution is 7.11. The molecular weight excluding hydrogens is 216 g/mol. The molecule has 1 aromatic rings. The number of thiophene rings is 1. The van der Waals surface area contributed by atoms with E-state index < -0.39 is 11.9 Å². The average Bonchev–Trinajstić information content (AvgIpc) is 2.85. The summed E-state index contributed by atoms with van der Waals surface area (Å²) in [5, 5.41) is 1.79. The van der Waals surface area contributed by atoms with Crippen LogP contribution in [0.25, 0.3) is 0 Å². The predicted octanol–water partition coefficient (Wildman–Crippen LogP) is 1.74. The molecule has 2 heterocycles. The first kappa shape index (κ1) is 9.92. The molecular formula is C10H8O4S. The highest BCUT2D eigenvalue weighted by atomic mass is 32.1. The van der Waals surface area contributed by atoms with Gasteiger partial charge in [-0.05, 0) is 11.4 Å². The highest BCUT2D eigenvalue weighted by Gasteiger charge is 2.19. The summed E-state index contributed by atoms with van der Waals surface area (Å²) in [6, 6.07) is 3.43. The van der Waals surface area contributed by atoms with E-state index in [0.717, 1.165) is 0 Å². The Morgan fingerprint density at radius 2 is 2.47 bits per heavy atom. The van der Waals surface area contributed by atoms with E-state index in [9.17, 15) is 9.59 Å². The van der Waals surface area contributed by atoms with Gasteiger partial charge in [0.2, 0.25) is 0 Å². The third-order valence-corrected chi connectivity index (χ3v) is 2.75. The Balaban J connectivity index is 1.99. The van der Waals surface area contributed by atoms with Crippen LogP contribution in [-0.2, 0) is 14.3 Å². The first-order valence-electron chi connectivity index (χ1n) is 4.38. The fourth-order valence-corrected chi connectivity index (χ4v) is 1.74. The number of ether oxygens (including phenoxy) is 2. The lowest BCUT2D eigenvalue weighted by Crippen LogP contribution is -2.00. The normalized spacial score (nSPS) is 17.9. The van der Waals surface area contributed by atoms with Crippen LogP contribution in [0.15, 0.2) is 29.3 Å². The lowest BCUT2D eigenvalue weighted by atomic mass is 10.3. The number of carbonyl (C=O) groups excluding carboxylic acids is 2. The van der Waals surface area contributed by atoms with Gasteiger partial charge >= 0.3 is 11.9 Å². The van der Waals surface area contributed by atoms with E-state index in [1.807, 2.05) is 0 Å². The highest BCUT2D eigenvalue weighted by Crippen LogP contribution is 2.15. The van der Waals surface area contributed by atoms with Crippen LogP contribution in [0.5, 0.6) is 0 Å². The van der Waals surface area contributed by atoms with Crippen LogP contribution in [-0.4, -0.2) is 18.5 Å². The molecule has 0 atom stereocenters. The molecule has 0 radical (unpaired) electrons. The Bertz CT molecular complexity index is 405. The molecule has 1 fully saturated rings. The summed E-state index contributed by atoms with van der Waals surface area (Å²) in [6.07, 6.45) is 1.67. The Morgan fingerprint density at radius 3 is 3.07 bits per heavy atom. The van der Waals surface area contributed by atoms with Gasteiger partial charge in [0.15, 0.2) is 0 Å². The van der Waals surface area contributed by atoms with Gasteiger partial charge in [0.25, 0.3) is 0 Å². The smallest absolute Gasteiger partial charge is 0.353 e. The average molecular weight is 224 g/mol. The number of rotatable bonds is 2. The maximum Gasteiger partial charge on any atom is 0.353 e. The van der Waals surface area contributed by atoms with Crippen molar-refractivity contribution < 1.29 is 19.1 Å². The molecule has 0 unspecified atom stereocenters. The lowest BCUT2D eigenvalue weighted by Gasteiger charge is -1.96. The van der Waals surface area contributed by atoms with Gasteiger partial charge in [0, 0.05) is 6.42 Å². The molecule has 15 heavy (non-hydrogen) atoms. The van der Waals surface area contributed by atoms with Crippen molar-refractivity contribution in [3.8, 4) is 0 Å². The van der Waals surface area contributed by atoms with Crippen molar-refractivity contribution in [2.24, 2.45) is 0 Å². The van der Waals surface area contributed by atoms with Crippen molar-refractivity contribution in [1.82, 2.24) is 0 Å². The Labute approximate surface area is 90.1 Å². The van der Waals surface area contributed by atoms with Crippen molar-refractivity contribution in [3.05, 3.63) is 34.2 Å². The monoisotopic (exact) mass is 224 g/mol. The van der Waals surface area contributed by atoms with Crippen LogP contribution >= 0.6 is 11.3 Å². The third-order valence-electron chi connectivity index (χ3n) is 1.90. The number of cyclic esters (lactones) is 1. The second-order valence-corrected chi connectivity index (χ2v) is 3.86. The van der Waals surface area contributed by atoms with E-state index in [0.29, 0.717) is 23.5 Å².